The molecule has 17 heavy (non-hydrogen) atoms. The maximum atomic E-state index is 8.72. The maximum Gasteiger partial charge on any atom is 0.189 e. The van der Waals surface area contributed by atoms with E-state index < -0.39 is 0 Å². The van der Waals surface area contributed by atoms with Crippen molar-refractivity contribution in [3.05, 3.63) is 28.8 Å². The molecule has 0 saturated carbocycles. The van der Waals surface area contributed by atoms with Crippen LogP contribution in [-0.4, -0.2) is 15.0 Å². The predicted octanol–water partition coefficient (Wildman–Crippen LogP) is 2.76. The lowest BCUT2D eigenvalue weighted by atomic mass is 10.4. The molecule has 3 aromatic heterocycles. The van der Waals surface area contributed by atoms with Crippen molar-refractivity contribution < 1.29 is 0 Å². The number of nitriles is 1. The van der Waals surface area contributed by atoms with Crippen LogP contribution in [0, 0.1) is 11.3 Å². The Bertz CT molecular complexity index is 709. The molecule has 0 radical (unpaired) electrons. The summed E-state index contributed by atoms with van der Waals surface area (Å²) in [6.07, 6.45) is 3.05. The van der Waals surface area contributed by atoms with E-state index in [9.17, 15) is 0 Å². The highest BCUT2D eigenvalue weighted by Gasteiger charge is 2.07. The highest BCUT2D eigenvalue weighted by atomic mass is 32.1. The minimum absolute atomic E-state index is 0.572. The zero-order valence-corrected chi connectivity index (χ0v) is 10.0. The average Bonchev–Trinajstić information content (AvgIpc) is 2.97. The first-order valence-electron chi connectivity index (χ1n) is 4.68. The average molecular weight is 259 g/mol. The number of nitrogens with one attached hydrogen (secondary N) is 1. The van der Waals surface area contributed by atoms with Crippen LogP contribution in [0.5, 0.6) is 0 Å². The second kappa shape index (κ2) is 4.08. The fourth-order valence-corrected chi connectivity index (χ4v) is 2.72. The quantitative estimate of drug-likeness (QED) is 0.766. The van der Waals surface area contributed by atoms with E-state index in [-0.39, 0.29) is 0 Å². The molecule has 1 N–H and O–H groups in total. The van der Waals surface area contributed by atoms with Crippen LogP contribution < -0.4 is 5.32 Å². The second-order valence-corrected chi connectivity index (χ2v) is 5.05. The lowest BCUT2D eigenvalue weighted by Gasteiger charge is -2.01. The molecule has 0 amide bonds. The van der Waals surface area contributed by atoms with Crippen molar-refractivity contribution >= 4 is 43.8 Å². The number of hydrogen-bond acceptors (Lipinski definition) is 7. The van der Waals surface area contributed by atoms with E-state index in [4.69, 9.17) is 5.26 Å². The molecular formula is C10H5N5S2. The van der Waals surface area contributed by atoms with Crippen molar-refractivity contribution in [3.63, 3.8) is 0 Å². The Morgan fingerprint density at radius 2 is 2.24 bits per heavy atom. The third-order valence-electron chi connectivity index (χ3n) is 2.10. The number of aromatic nitrogens is 3. The molecule has 82 valence electrons. The summed E-state index contributed by atoms with van der Waals surface area (Å²) in [5.74, 6) is 0.718. The van der Waals surface area contributed by atoms with E-state index in [1.165, 1.54) is 17.7 Å². The topological polar surface area (TPSA) is 74.5 Å². The Labute approximate surface area is 104 Å². The van der Waals surface area contributed by atoms with Gasteiger partial charge >= 0.3 is 0 Å². The van der Waals surface area contributed by atoms with Gasteiger partial charge in [0.2, 0.25) is 0 Å². The largest absolute Gasteiger partial charge is 0.316 e. The summed E-state index contributed by atoms with van der Waals surface area (Å²) in [7, 11) is 0. The Morgan fingerprint density at radius 1 is 1.29 bits per heavy atom. The Morgan fingerprint density at radius 3 is 3.06 bits per heavy atom. The van der Waals surface area contributed by atoms with Crippen LogP contribution >= 0.6 is 22.7 Å². The summed E-state index contributed by atoms with van der Waals surface area (Å²) >= 11 is 2.86. The molecule has 0 aliphatic rings. The van der Waals surface area contributed by atoms with E-state index in [0.717, 1.165) is 16.0 Å². The molecule has 0 fully saturated rings. The molecule has 0 saturated heterocycles. The van der Waals surface area contributed by atoms with Crippen LogP contribution in [0.15, 0.2) is 24.0 Å². The minimum Gasteiger partial charge on any atom is -0.316 e. The molecule has 0 bridgehead atoms. The molecule has 3 heterocycles. The zero-order chi connectivity index (χ0) is 11.7. The molecule has 0 spiro atoms. The van der Waals surface area contributed by atoms with Crippen LogP contribution in [0.1, 0.15) is 4.88 Å². The number of thiazole rings is 1. The number of fused-ring (bicyclic) bond motifs is 1. The van der Waals surface area contributed by atoms with Gasteiger partial charge in [-0.1, -0.05) is 11.3 Å². The summed E-state index contributed by atoms with van der Waals surface area (Å²) in [5.41, 5.74) is 0. The number of hydrogen-bond donors (Lipinski definition) is 1. The van der Waals surface area contributed by atoms with Crippen LogP contribution in [0.3, 0.4) is 0 Å². The number of thiophene rings is 1. The van der Waals surface area contributed by atoms with E-state index in [1.54, 1.807) is 17.5 Å². The van der Waals surface area contributed by atoms with Crippen molar-refractivity contribution in [3.8, 4) is 6.07 Å². The first-order valence-corrected chi connectivity index (χ1v) is 6.37. The van der Waals surface area contributed by atoms with Gasteiger partial charge in [-0.2, -0.15) is 5.26 Å². The summed E-state index contributed by atoms with van der Waals surface area (Å²) in [4.78, 5) is 13.9. The third kappa shape index (κ3) is 1.84. The van der Waals surface area contributed by atoms with E-state index in [1.807, 2.05) is 11.4 Å². The van der Waals surface area contributed by atoms with E-state index in [0.29, 0.717) is 10.0 Å². The van der Waals surface area contributed by atoms with E-state index in [2.05, 4.69) is 26.3 Å². The molecule has 0 unspecified atom stereocenters. The normalized spacial score (nSPS) is 10.3. The molecule has 5 nitrogen and oxygen atoms in total. The Hall–Kier alpha value is -2.04. The van der Waals surface area contributed by atoms with Crippen LogP contribution in [0.2, 0.25) is 0 Å². The minimum atomic E-state index is 0.572. The first kappa shape index (κ1) is 10.1. The monoisotopic (exact) mass is 259 g/mol. The maximum absolute atomic E-state index is 8.72. The van der Waals surface area contributed by atoms with Crippen LogP contribution in [0.25, 0.3) is 10.2 Å². The van der Waals surface area contributed by atoms with Gasteiger partial charge in [-0.3, -0.25) is 0 Å². The summed E-state index contributed by atoms with van der Waals surface area (Å²) in [6.45, 7) is 0. The van der Waals surface area contributed by atoms with Gasteiger partial charge in [0.05, 0.1) is 11.6 Å². The summed E-state index contributed by atoms with van der Waals surface area (Å²) in [5, 5.41) is 15.4. The van der Waals surface area contributed by atoms with Gasteiger partial charge in [0.25, 0.3) is 0 Å². The molecule has 0 aliphatic heterocycles. The zero-order valence-electron chi connectivity index (χ0n) is 8.41. The Balaban J connectivity index is 2.00. The number of rotatable bonds is 2. The van der Waals surface area contributed by atoms with Gasteiger partial charge in [-0.25, -0.2) is 15.0 Å². The van der Waals surface area contributed by atoms with Crippen molar-refractivity contribution in [1.82, 2.24) is 15.0 Å². The highest BCUT2D eigenvalue weighted by Crippen LogP contribution is 2.27. The van der Waals surface area contributed by atoms with Crippen molar-refractivity contribution in [1.29, 1.82) is 5.26 Å². The van der Waals surface area contributed by atoms with Gasteiger partial charge in [-0.05, 0) is 11.4 Å². The van der Waals surface area contributed by atoms with Crippen LogP contribution in [-0.2, 0) is 0 Å². The lowest BCUT2D eigenvalue weighted by Crippen LogP contribution is -1.93. The third-order valence-corrected chi connectivity index (χ3v) is 3.74. The standard InChI is InChI=1S/C10H5N5S2/c11-3-6-4-12-10(17-6)15-8-7-1-2-16-9(7)14-5-13-8/h1-2,4-5H,(H,12,13,14,15). The van der Waals surface area contributed by atoms with Crippen molar-refractivity contribution in [2.75, 3.05) is 5.32 Å². The smallest absolute Gasteiger partial charge is 0.189 e. The molecule has 0 atom stereocenters. The van der Waals surface area contributed by atoms with Gasteiger partial charge in [0.1, 0.15) is 27.9 Å². The fraction of sp³-hybridized carbons (Fsp3) is 0. The van der Waals surface area contributed by atoms with Crippen molar-refractivity contribution in [2.45, 2.75) is 0 Å². The SMILES string of the molecule is N#Cc1cnc(Nc2ncnc3sccc23)s1. The second-order valence-electron chi connectivity index (χ2n) is 3.13. The van der Waals surface area contributed by atoms with Crippen molar-refractivity contribution in [2.24, 2.45) is 0 Å². The summed E-state index contributed by atoms with van der Waals surface area (Å²) < 4.78 is 0. The molecule has 3 aromatic rings. The molecule has 0 aliphatic carbocycles. The van der Waals surface area contributed by atoms with Crippen LogP contribution in [0.4, 0.5) is 10.9 Å². The number of anilines is 2. The van der Waals surface area contributed by atoms with Gasteiger partial charge in [0.15, 0.2) is 5.13 Å². The first-order chi connectivity index (χ1) is 8.36. The number of nitrogens with zero attached hydrogens (tertiary/aromatic N) is 4. The molecule has 7 heteroatoms. The fourth-order valence-electron chi connectivity index (χ4n) is 1.37. The highest BCUT2D eigenvalue weighted by molar-refractivity contribution is 7.17. The Kier molecular flexibility index (Phi) is 2.44. The van der Waals surface area contributed by atoms with Gasteiger partial charge in [0, 0.05) is 0 Å². The molecule has 0 aromatic carbocycles. The van der Waals surface area contributed by atoms with E-state index >= 15 is 0 Å². The lowest BCUT2D eigenvalue weighted by molar-refractivity contribution is 1.22. The summed E-state index contributed by atoms with van der Waals surface area (Å²) in [6, 6.07) is 4.01. The molecule has 3 rings (SSSR count). The molecular weight excluding hydrogens is 254 g/mol. The predicted molar refractivity (Wildman–Crippen MR) is 67.5 cm³/mol. The van der Waals surface area contributed by atoms with Gasteiger partial charge < -0.3 is 5.32 Å². The van der Waals surface area contributed by atoms with Gasteiger partial charge in [-0.15, -0.1) is 11.3 Å².